The Morgan fingerprint density at radius 3 is 2.68 bits per heavy atom. The lowest BCUT2D eigenvalue weighted by molar-refractivity contribution is 0.866. The molecule has 1 aromatic carbocycles. The SMILES string of the molecule is O=c1cnn2c(=O)c(=Cc3ccc(Br)cc3)sc2n1. The molecule has 2 aromatic heterocycles. The predicted octanol–water partition coefficient (Wildman–Crippen LogP) is 0.821. The van der Waals surface area contributed by atoms with Gasteiger partial charge in [-0.1, -0.05) is 39.4 Å². The van der Waals surface area contributed by atoms with E-state index in [1.54, 1.807) is 6.08 Å². The molecule has 3 rings (SSSR count). The number of hydrogen-bond acceptors (Lipinski definition) is 5. The molecule has 0 fully saturated rings. The third kappa shape index (κ3) is 2.34. The van der Waals surface area contributed by atoms with E-state index in [9.17, 15) is 9.59 Å². The zero-order valence-corrected chi connectivity index (χ0v) is 11.8. The molecule has 0 unspecified atom stereocenters. The highest BCUT2D eigenvalue weighted by atomic mass is 79.9. The molecule has 0 aliphatic carbocycles. The summed E-state index contributed by atoms with van der Waals surface area (Å²) in [6, 6.07) is 7.56. The van der Waals surface area contributed by atoms with E-state index in [-0.39, 0.29) is 5.56 Å². The lowest BCUT2D eigenvalue weighted by atomic mass is 10.2. The average molecular weight is 336 g/mol. The van der Waals surface area contributed by atoms with Crippen LogP contribution in [0.3, 0.4) is 0 Å². The van der Waals surface area contributed by atoms with Crippen molar-refractivity contribution in [1.82, 2.24) is 14.6 Å². The second kappa shape index (κ2) is 4.67. The molecular formula is C12H6BrN3O2S. The minimum atomic E-state index is -0.448. The van der Waals surface area contributed by atoms with Gasteiger partial charge in [0.05, 0.1) is 4.53 Å². The van der Waals surface area contributed by atoms with Gasteiger partial charge >= 0.3 is 0 Å². The van der Waals surface area contributed by atoms with Gasteiger partial charge in [0, 0.05) is 4.47 Å². The normalized spacial score (nSPS) is 12.2. The number of nitrogens with zero attached hydrogens (tertiary/aromatic N) is 3. The standard InChI is InChI=1S/C12H6BrN3O2S/c13-8-3-1-7(2-4-8)5-9-11(18)16-12(19-9)15-10(17)6-14-16/h1-6H. The van der Waals surface area contributed by atoms with Crippen LogP contribution in [0.2, 0.25) is 0 Å². The highest BCUT2D eigenvalue weighted by Crippen LogP contribution is 2.10. The maximum absolute atomic E-state index is 12.0. The molecule has 94 valence electrons. The number of halogens is 1. The maximum atomic E-state index is 12.0. The van der Waals surface area contributed by atoms with Crippen molar-refractivity contribution in [2.24, 2.45) is 0 Å². The smallest absolute Gasteiger partial charge is 0.266 e. The van der Waals surface area contributed by atoms with E-state index >= 15 is 0 Å². The van der Waals surface area contributed by atoms with Crippen LogP contribution in [0.1, 0.15) is 5.56 Å². The van der Waals surface area contributed by atoms with Crippen LogP contribution >= 0.6 is 27.3 Å². The summed E-state index contributed by atoms with van der Waals surface area (Å²) in [5.74, 6) is 0. The van der Waals surface area contributed by atoms with E-state index < -0.39 is 5.56 Å². The zero-order valence-electron chi connectivity index (χ0n) is 9.41. The van der Waals surface area contributed by atoms with Crippen LogP contribution < -0.4 is 15.7 Å². The Morgan fingerprint density at radius 1 is 1.21 bits per heavy atom. The molecule has 5 nitrogen and oxygen atoms in total. The van der Waals surface area contributed by atoms with E-state index in [1.165, 1.54) is 0 Å². The Balaban J connectivity index is 2.25. The van der Waals surface area contributed by atoms with Crippen LogP contribution in [0, 0.1) is 0 Å². The molecule has 0 saturated carbocycles. The molecule has 0 radical (unpaired) electrons. The maximum Gasteiger partial charge on any atom is 0.292 e. The third-order valence-electron chi connectivity index (χ3n) is 2.44. The van der Waals surface area contributed by atoms with Gasteiger partial charge in [0.25, 0.3) is 11.1 Å². The van der Waals surface area contributed by atoms with Crippen molar-refractivity contribution in [1.29, 1.82) is 0 Å². The molecule has 19 heavy (non-hydrogen) atoms. The fourth-order valence-electron chi connectivity index (χ4n) is 1.58. The number of rotatable bonds is 1. The van der Waals surface area contributed by atoms with Crippen LogP contribution in [0.15, 0.2) is 44.5 Å². The van der Waals surface area contributed by atoms with Crippen molar-refractivity contribution >= 4 is 38.3 Å². The minimum Gasteiger partial charge on any atom is -0.266 e. The number of benzene rings is 1. The van der Waals surface area contributed by atoms with Crippen molar-refractivity contribution in [2.75, 3.05) is 0 Å². The topological polar surface area (TPSA) is 64.3 Å². The van der Waals surface area contributed by atoms with Gasteiger partial charge in [-0.3, -0.25) is 9.59 Å². The zero-order chi connectivity index (χ0) is 13.4. The van der Waals surface area contributed by atoms with Crippen LogP contribution in [0.25, 0.3) is 11.0 Å². The highest BCUT2D eigenvalue weighted by molar-refractivity contribution is 9.10. The Bertz CT molecular complexity index is 915. The third-order valence-corrected chi connectivity index (χ3v) is 3.93. The number of aromatic nitrogens is 3. The highest BCUT2D eigenvalue weighted by Gasteiger charge is 2.05. The molecule has 0 spiro atoms. The molecule has 0 amide bonds. The van der Waals surface area contributed by atoms with Crippen molar-refractivity contribution in [3.63, 3.8) is 0 Å². The predicted molar refractivity (Wildman–Crippen MR) is 76.3 cm³/mol. The van der Waals surface area contributed by atoms with Crippen LogP contribution in [0.4, 0.5) is 0 Å². The fourth-order valence-corrected chi connectivity index (χ4v) is 2.76. The van der Waals surface area contributed by atoms with E-state index in [0.29, 0.717) is 9.49 Å². The van der Waals surface area contributed by atoms with Gasteiger partial charge in [-0.25, -0.2) is 0 Å². The van der Waals surface area contributed by atoms with E-state index in [2.05, 4.69) is 26.0 Å². The van der Waals surface area contributed by atoms with Crippen LogP contribution in [0.5, 0.6) is 0 Å². The summed E-state index contributed by atoms with van der Waals surface area (Å²) >= 11 is 4.50. The fraction of sp³-hybridized carbons (Fsp3) is 0. The Hall–Kier alpha value is -1.86. The van der Waals surface area contributed by atoms with Gasteiger partial charge < -0.3 is 0 Å². The Kier molecular flexibility index (Phi) is 3.00. The van der Waals surface area contributed by atoms with Gasteiger partial charge in [0.1, 0.15) is 6.20 Å². The summed E-state index contributed by atoms with van der Waals surface area (Å²) in [5.41, 5.74) is 0.182. The van der Waals surface area contributed by atoms with Gasteiger partial charge in [-0.2, -0.15) is 14.6 Å². The molecule has 7 heteroatoms. The van der Waals surface area contributed by atoms with Gasteiger partial charge in [-0.05, 0) is 23.8 Å². The van der Waals surface area contributed by atoms with E-state index in [4.69, 9.17) is 0 Å². The number of hydrogen-bond donors (Lipinski definition) is 0. The molecule has 2 heterocycles. The lowest BCUT2D eigenvalue weighted by Gasteiger charge is -1.91. The summed E-state index contributed by atoms with van der Waals surface area (Å²) < 4.78 is 2.60. The Labute approximate surface area is 119 Å². The Morgan fingerprint density at radius 2 is 1.95 bits per heavy atom. The van der Waals surface area contributed by atoms with Gasteiger partial charge in [-0.15, -0.1) is 0 Å². The first kappa shape index (κ1) is 12.2. The van der Waals surface area contributed by atoms with E-state index in [0.717, 1.165) is 32.1 Å². The van der Waals surface area contributed by atoms with Gasteiger partial charge in [0.15, 0.2) is 0 Å². The van der Waals surface area contributed by atoms with Crippen molar-refractivity contribution in [3.8, 4) is 0 Å². The second-order valence-electron chi connectivity index (χ2n) is 3.76. The largest absolute Gasteiger partial charge is 0.292 e. The summed E-state index contributed by atoms with van der Waals surface area (Å²) in [6.07, 6.45) is 2.78. The molecule has 0 aliphatic heterocycles. The van der Waals surface area contributed by atoms with Crippen LogP contribution in [-0.4, -0.2) is 14.6 Å². The summed E-state index contributed by atoms with van der Waals surface area (Å²) in [5, 5.41) is 3.77. The van der Waals surface area contributed by atoms with E-state index in [1.807, 2.05) is 24.3 Å². The van der Waals surface area contributed by atoms with Crippen molar-refractivity contribution in [3.05, 3.63) is 65.7 Å². The second-order valence-corrected chi connectivity index (χ2v) is 5.68. The molecule has 3 aromatic rings. The first-order valence-corrected chi connectivity index (χ1v) is 6.90. The molecular weight excluding hydrogens is 330 g/mol. The summed E-state index contributed by atoms with van der Waals surface area (Å²) in [6.45, 7) is 0. The first-order valence-electron chi connectivity index (χ1n) is 5.30. The summed E-state index contributed by atoms with van der Waals surface area (Å²) in [7, 11) is 0. The molecule has 0 aliphatic rings. The quantitative estimate of drug-likeness (QED) is 0.660. The van der Waals surface area contributed by atoms with Gasteiger partial charge in [0.2, 0.25) is 4.96 Å². The lowest BCUT2D eigenvalue weighted by Crippen LogP contribution is -2.25. The molecule has 0 saturated heterocycles. The van der Waals surface area contributed by atoms with Crippen molar-refractivity contribution < 1.29 is 0 Å². The average Bonchev–Trinajstić information content (AvgIpc) is 2.68. The van der Waals surface area contributed by atoms with Crippen molar-refractivity contribution in [2.45, 2.75) is 0 Å². The molecule has 0 bridgehead atoms. The first-order chi connectivity index (χ1) is 9.13. The summed E-state index contributed by atoms with van der Waals surface area (Å²) in [4.78, 5) is 27.2. The molecule has 0 atom stereocenters. The monoisotopic (exact) mass is 335 g/mol. The number of thiazole rings is 1. The minimum absolute atomic E-state index is 0.268. The van der Waals surface area contributed by atoms with Crippen LogP contribution in [-0.2, 0) is 0 Å². The molecule has 0 N–H and O–H groups in total. The number of fused-ring (bicyclic) bond motifs is 1.